The largest absolute Gasteiger partial charge is 0.355 e. The Morgan fingerprint density at radius 1 is 0.527 bits per heavy atom. The highest BCUT2D eigenvalue weighted by molar-refractivity contribution is 5.96. The summed E-state index contributed by atoms with van der Waals surface area (Å²) in [5, 5.41) is 6.35. The van der Waals surface area contributed by atoms with Crippen molar-refractivity contribution in [1.29, 1.82) is 0 Å². The molecule has 264 valence electrons. The summed E-state index contributed by atoms with van der Waals surface area (Å²) in [6.45, 7) is 8.83. The number of fused-ring (bicyclic) bond motifs is 9. The van der Waals surface area contributed by atoms with Gasteiger partial charge in [0.1, 0.15) is 0 Å². The number of hydrogen-bond acceptors (Lipinski definition) is 2. The average molecular weight is 707 g/mol. The molecule has 0 radical (unpaired) electrons. The van der Waals surface area contributed by atoms with Crippen LogP contribution in [0.5, 0.6) is 0 Å². The first-order valence-corrected chi connectivity index (χ1v) is 19.0. The molecule has 0 aliphatic carbocycles. The van der Waals surface area contributed by atoms with Crippen LogP contribution in [0.4, 0.5) is 17.1 Å². The number of allylic oxidation sites excluding steroid dienone is 7. The number of hydrogen-bond donors (Lipinski definition) is 1. The SMILES string of the molecule is C=C1/C=C\C=C/N(c2ccc(-c3ccc4ccccc4c3)cc2)C(C)/C=C(/c2ccc3c(c2)-c2cccc(c2)-c2ccccc2-c2ccccc2N3)C=C1C. The fourth-order valence-electron chi connectivity index (χ4n) is 7.86. The van der Waals surface area contributed by atoms with E-state index in [0.717, 1.165) is 44.9 Å². The summed E-state index contributed by atoms with van der Waals surface area (Å²) in [7, 11) is 0. The van der Waals surface area contributed by atoms with Crippen LogP contribution in [0.1, 0.15) is 19.4 Å². The van der Waals surface area contributed by atoms with E-state index in [2.05, 4.69) is 225 Å². The zero-order chi connectivity index (χ0) is 37.3. The van der Waals surface area contributed by atoms with Crippen molar-refractivity contribution in [2.45, 2.75) is 19.9 Å². The summed E-state index contributed by atoms with van der Waals surface area (Å²) in [4.78, 5) is 2.34. The van der Waals surface area contributed by atoms with E-state index >= 15 is 0 Å². The molecule has 9 rings (SSSR count). The van der Waals surface area contributed by atoms with Crippen molar-refractivity contribution in [3.8, 4) is 44.5 Å². The lowest BCUT2D eigenvalue weighted by molar-refractivity contribution is 0.859. The number of rotatable bonds is 3. The van der Waals surface area contributed by atoms with Gasteiger partial charge in [-0.05, 0) is 129 Å². The van der Waals surface area contributed by atoms with E-state index in [9.17, 15) is 0 Å². The second-order valence-corrected chi connectivity index (χ2v) is 14.5. The molecule has 1 N–H and O–H groups in total. The highest BCUT2D eigenvalue weighted by Crippen LogP contribution is 2.43. The zero-order valence-corrected chi connectivity index (χ0v) is 31.2. The molecule has 2 aliphatic heterocycles. The fraction of sp³-hybridized carbons (Fsp3) is 0.0566. The molecule has 0 amide bonds. The van der Waals surface area contributed by atoms with Crippen molar-refractivity contribution in [3.63, 3.8) is 0 Å². The molecule has 0 aromatic heterocycles. The molecule has 2 heterocycles. The highest BCUT2D eigenvalue weighted by Gasteiger charge is 2.18. The quantitative estimate of drug-likeness (QED) is 0.197. The van der Waals surface area contributed by atoms with Gasteiger partial charge in [-0.25, -0.2) is 0 Å². The van der Waals surface area contributed by atoms with Crippen LogP contribution in [-0.4, -0.2) is 6.04 Å². The molecule has 0 saturated carbocycles. The molecular formula is C53H42N2. The maximum Gasteiger partial charge on any atom is 0.0497 e. The van der Waals surface area contributed by atoms with E-state index in [1.54, 1.807) is 0 Å². The fourth-order valence-corrected chi connectivity index (χ4v) is 7.86. The van der Waals surface area contributed by atoms with Crippen LogP contribution in [0.3, 0.4) is 0 Å². The third-order valence-corrected chi connectivity index (χ3v) is 10.9. The average Bonchev–Trinajstić information content (AvgIpc) is 3.25. The van der Waals surface area contributed by atoms with E-state index in [0.29, 0.717) is 0 Å². The van der Waals surface area contributed by atoms with Gasteiger partial charge in [-0.2, -0.15) is 0 Å². The van der Waals surface area contributed by atoms with Crippen LogP contribution in [-0.2, 0) is 0 Å². The van der Waals surface area contributed by atoms with E-state index in [4.69, 9.17) is 0 Å². The number of anilines is 3. The van der Waals surface area contributed by atoms with Crippen LogP contribution in [0.2, 0.25) is 0 Å². The maximum atomic E-state index is 4.41. The number of para-hydroxylation sites is 1. The Morgan fingerprint density at radius 3 is 2.04 bits per heavy atom. The topological polar surface area (TPSA) is 15.3 Å². The Bertz CT molecular complexity index is 2720. The lowest BCUT2D eigenvalue weighted by atomic mass is 9.89. The Kier molecular flexibility index (Phi) is 8.94. The van der Waals surface area contributed by atoms with Gasteiger partial charge < -0.3 is 10.2 Å². The molecule has 7 aromatic carbocycles. The number of benzene rings is 7. The van der Waals surface area contributed by atoms with Crippen molar-refractivity contribution >= 4 is 33.4 Å². The molecule has 2 bridgehead atoms. The molecule has 1 unspecified atom stereocenters. The molecule has 2 nitrogen and oxygen atoms in total. The minimum atomic E-state index is 0.0418. The first kappa shape index (κ1) is 33.9. The first-order valence-electron chi connectivity index (χ1n) is 19.0. The molecule has 0 fully saturated rings. The number of nitrogens with zero attached hydrogens (tertiary/aromatic N) is 1. The summed E-state index contributed by atoms with van der Waals surface area (Å²) in [6.07, 6.45) is 13.1. The second-order valence-electron chi connectivity index (χ2n) is 14.5. The Morgan fingerprint density at radius 2 is 1.20 bits per heavy atom. The van der Waals surface area contributed by atoms with Gasteiger partial charge in [-0.3, -0.25) is 0 Å². The molecule has 2 heteroatoms. The van der Waals surface area contributed by atoms with Crippen LogP contribution < -0.4 is 10.2 Å². The van der Waals surface area contributed by atoms with Crippen LogP contribution >= 0.6 is 0 Å². The Balaban J connectivity index is 1.13. The third-order valence-electron chi connectivity index (χ3n) is 10.9. The monoisotopic (exact) mass is 706 g/mol. The van der Waals surface area contributed by atoms with Crippen LogP contribution in [0.25, 0.3) is 60.9 Å². The third kappa shape index (κ3) is 6.75. The highest BCUT2D eigenvalue weighted by atomic mass is 15.1. The smallest absolute Gasteiger partial charge is 0.0497 e. The molecule has 0 saturated heterocycles. The van der Waals surface area contributed by atoms with Crippen molar-refractivity contribution in [2.75, 3.05) is 10.2 Å². The minimum Gasteiger partial charge on any atom is -0.355 e. The standard InChI is InChI=1S/C53H42N2/c1-36-13-10-11-30-55(47-27-24-40(25-28-47)42-23-22-39-14-4-5-15-41(39)33-42)38(3)32-46(31-37(36)2)43-26-29-53-51(35-43)45-17-12-16-44(34-45)48-18-6-7-19-49(48)50-20-8-9-21-52(50)54-53/h4-35,38,54H,1H2,2-3H3/b13-10-,30-11-,37-31?,46-32+. The van der Waals surface area contributed by atoms with Gasteiger partial charge in [-0.1, -0.05) is 146 Å². The van der Waals surface area contributed by atoms with Crippen molar-refractivity contribution < 1.29 is 0 Å². The molecular weight excluding hydrogens is 665 g/mol. The van der Waals surface area contributed by atoms with E-state index in [1.165, 1.54) is 49.7 Å². The maximum absolute atomic E-state index is 4.41. The van der Waals surface area contributed by atoms with E-state index in [1.807, 2.05) is 0 Å². The molecule has 2 aliphatic rings. The lowest BCUT2D eigenvalue weighted by Crippen LogP contribution is -2.26. The van der Waals surface area contributed by atoms with Crippen molar-refractivity contribution in [3.05, 3.63) is 218 Å². The predicted molar refractivity (Wildman–Crippen MR) is 237 cm³/mol. The first-order chi connectivity index (χ1) is 27.0. The van der Waals surface area contributed by atoms with Gasteiger partial charge in [0.25, 0.3) is 0 Å². The minimum absolute atomic E-state index is 0.0418. The van der Waals surface area contributed by atoms with Gasteiger partial charge in [0.2, 0.25) is 0 Å². The molecule has 0 spiro atoms. The summed E-state index contributed by atoms with van der Waals surface area (Å²) < 4.78 is 0. The van der Waals surface area contributed by atoms with Crippen LogP contribution in [0.15, 0.2) is 212 Å². The predicted octanol–water partition coefficient (Wildman–Crippen LogP) is 14.4. The Labute approximate surface area is 324 Å². The van der Waals surface area contributed by atoms with Gasteiger partial charge >= 0.3 is 0 Å². The van der Waals surface area contributed by atoms with Gasteiger partial charge in [-0.15, -0.1) is 0 Å². The summed E-state index contributed by atoms with van der Waals surface area (Å²) in [5.41, 5.74) is 17.3. The second kappa shape index (κ2) is 14.5. The number of nitrogens with one attached hydrogen (secondary N) is 1. The molecule has 55 heavy (non-hydrogen) atoms. The molecule has 7 aromatic rings. The normalized spacial score (nSPS) is 17.2. The van der Waals surface area contributed by atoms with Gasteiger partial charge in [0, 0.05) is 40.4 Å². The summed E-state index contributed by atoms with van der Waals surface area (Å²) in [5.74, 6) is 0. The van der Waals surface area contributed by atoms with E-state index in [-0.39, 0.29) is 6.04 Å². The summed E-state index contributed by atoms with van der Waals surface area (Å²) in [6, 6.07) is 57.3. The van der Waals surface area contributed by atoms with Gasteiger partial charge in [0.15, 0.2) is 0 Å². The zero-order valence-electron chi connectivity index (χ0n) is 31.2. The van der Waals surface area contributed by atoms with Gasteiger partial charge in [0.05, 0.1) is 0 Å². The van der Waals surface area contributed by atoms with Crippen molar-refractivity contribution in [2.24, 2.45) is 0 Å². The molecule has 1 atom stereocenters. The van der Waals surface area contributed by atoms with Crippen LogP contribution in [0, 0.1) is 0 Å². The lowest BCUT2D eigenvalue weighted by Gasteiger charge is -2.27. The van der Waals surface area contributed by atoms with Crippen molar-refractivity contribution in [1.82, 2.24) is 0 Å². The van der Waals surface area contributed by atoms with E-state index < -0.39 is 0 Å². The Hall–Kier alpha value is -6.90. The summed E-state index contributed by atoms with van der Waals surface area (Å²) >= 11 is 0.